The Morgan fingerprint density at radius 2 is 1.96 bits per heavy atom. The van der Waals surface area contributed by atoms with E-state index in [1.807, 2.05) is 0 Å². The van der Waals surface area contributed by atoms with Crippen LogP contribution in [0.3, 0.4) is 0 Å². The van der Waals surface area contributed by atoms with E-state index in [0.29, 0.717) is 4.68 Å². The fourth-order valence-electron chi connectivity index (χ4n) is 2.02. The Bertz CT molecular complexity index is 752. The summed E-state index contributed by atoms with van der Waals surface area (Å²) in [5.41, 5.74) is -1.76. The Morgan fingerprint density at radius 1 is 1.29 bits per heavy atom. The number of rotatable bonds is 5. The molecule has 1 heterocycles. The molecule has 1 amide bonds. The molecule has 0 saturated carbocycles. The molecular formula is C14H12ClF4N3O2. The lowest BCUT2D eigenvalue weighted by molar-refractivity contribution is -0.119. The van der Waals surface area contributed by atoms with Gasteiger partial charge in [-0.15, -0.1) is 0 Å². The molecule has 10 heteroatoms. The van der Waals surface area contributed by atoms with Crippen LogP contribution >= 0.6 is 11.6 Å². The number of phenols is 1. The second-order valence-corrected chi connectivity index (χ2v) is 5.22. The van der Waals surface area contributed by atoms with Crippen LogP contribution in [-0.4, -0.2) is 20.8 Å². The molecule has 2 N–H and O–H groups in total. The molecule has 1 atom stereocenters. The summed E-state index contributed by atoms with van der Waals surface area (Å²) in [4.78, 5) is 12.2. The van der Waals surface area contributed by atoms with E-state index >= 15 is 0 Å². The predicted octanol–water partition coefficient (Wildman–Crippen LogP) is 4.32. The molecule has 1 aromatic carbocycles. The first-order valence-electron chi connectivity index (χ1n) is 6.66. The van der Waals surface area contributed by atoms with Gasteiger partial charge in [0.15, 0.2) is 0 Å². The van der Waals surface area contributed by atoms with Crippen molar-refractivity contribution in [2.24, 2.45) is 0 Å². The lowest BCUT2D eigenvalue weighted by atomic mass is 10.2. The SMILES string of the molecule is CC(C(=O)Nc1cccc(O)c1)n1nc(C(F)F)c(Cl)c1C(F)F. The van der Waals surface area contributed by atoms with Crippen LogP contribution in [0.2, 0.25) is 5.02 Å². The molecule has 2 rings (SSSR count). The minimum absolute atomic E-state index is 0.115. The monoisotopic (exact) mass is 365 g/mol. The molecule has 5 nitrogen and oxygen atoms in total. The van der Waals surface area contributed by atoms with Crippen molar-refractivity contribution in [3.05, 3.63) is 40.7 Å². The summed E-state index contributed by atoms with van der Waals surface area (Å²) in [5.74, 6) is -0.904. The summed E-state index contributed by atoms with van der Waals surface area (Å²) in [7, 11) is 0. The highest BCUT2D eigenvalue weighted by molar-refractivity contribution is 6.32. The molecule has 1 unspecified atom stereocenters. The lowest BCUT2D eigenvalue weighted by Crippen LogP contribution is -2.26. The van der Waals surface area contributed by atoms with Crippen LogP contribution in [0.25, 0.3) is 0 Å². The van der Waals surface area contributed by atoms with Gasteiger partial charge in [0.05, 0.1) is 5.02 Å². The highest BCUT2D eigenvalue weighted by Gasteiger charge is 2.31. The van der Waals surface area contributed by atoms with Gasteiger partial charge in [-0.25, -0.2) is 22.2 Å². The molecule has 24 heavy (non-hydrogen) atoms. The van der Waals surface area contributed by atoms with Crippen molar-refractivity contribution < 1.29 is 27.5 Å². The van der Waals surface area contributed by atoms with E-state index in [1.165, 1.54) is 31.2 Å². The summed E-state index contributed by atoms with van der Waals surface area (Å²) in [6, 6.07) is 4.19. The number of amides is 1. The average molecular weight is 366 g/mol. The zero-order chi connectivity index (χ0) is 18.0. The van der Waals surface area contributed by atoms with E-state index in [-0.39, 0.29) is 11.4 Å². The van der Waals surface area contributed by atoms with Gasteiger partial charge in [0.25, 0.3) is 12.9 Å². The van der Waals surface area contributed by atoms with Crippen molar-refractivity contribution in [3.63, 3.8) is 0 Å². The van der Waals surface area contributed by atoms with Crippen LogP contribution in [0.1, 0.15) is 37.2 Å². The molecule has 0 aliphatic rings. The summed E-state index contributed by atoms with van der Waals surface area (Å²) in [5, 5.41) is 14.2. The number of benzene rings is 1. The Morgan fingerprint density at radius 3 is 2.50 bits per heavy atom. The van der Waals surface area contributed by atoms with E-state index < -0.39 is 41.2 Å². The molecule has 1 aromatic heterocycles. The van der Waals surface area contributed by atoms with Crippen LogP contribution in [0.5, 0.6) is 5.75 Å². The number of aromatic hydroxyl groups is 1. The van der Waals surface area contributed by atoms with Crippen molar-refractivity contribution in [2.45, 2.75) is 25.8 Å². The van der Waals surface area contributed by atoms with Crippen LogP contribution in [-0.2, 0) is 4.79 Å². The third kappa shape index (κ3) is 3.61. The number of halogens is 5. The fourth-order valence-corrected chi connectivity index (χ4v) is 2.31. The van der Waals surface area contributed by atoms with Gasteiger partial charge >= 0.3 is 0 Å². The molecule has 0 bridgehead atoms. The minimum atomic E-state index is -3.19. The number of nitrogens with zero attached hydrogens (tertiary/aromatic N) is 2. The molecule has 0 saturated heterocycles. The van der Waals surface area contributed by atoms with Crippen LogP contribution in [0, 0.1) is 0 Å². The van der Waals surface area contributed by atoms with Gasteiger partial charge in [-0.1, -0.05) is 17.7 Å². The van der Waals surface area contributed by atoms with Crippen molar-refractivity contribution in [1.29, 1.82) is 0 Å². The molecule has 0 spiro atoms. The van der Waals surface area contributed by atoms with Crippen molar-refractivity contribution in [1.82, 2.24) is 9.78 Å². The van der Waals surface area contributed by atoms with Crippen LogP contribution in [0.15, 0.2) is 24.3 Å². The van der Waals surface area contributed by atoms with Gasteiger partial charge in [0.2, 0.25) is 5.91 Å². The molecule has 2 aromatic rings. The lowest BCUT2D eigenvalue weighted by Gasteiger charge is -2.15. The molecule has 130 valence electrons. The number of hydrogen-bond acceptors (Lipinski definition) is 3. The minimum Gasteiger partial charge on any atom is -0.508 e. The Balaban J connectivity index is 2.33. The molecule has 0 fully saturated rings. The highest BCUT2D eigenvalue weighted by atomic mass is 35.5. The fraction of sp³-hybridized carbons (Fsp3) is 0.286. The Hall–Kier alpha value is -2.29. The predicted molar refractivity (Wildman–Crippen MR) is 78.6 cm³/mol. The van der Waals surface area contributed by atoms with Gasteiger partial charge in [-0.05, 0) is 19.1 Å². The number of anilines is 1. The summed E-state index contributed by atoms with van der Waals surface area (Å²) >= 11 is 5.54. The quantitative estimate of drug-likeness (QED) is 0.775. The van der Waals surface area contributed by atoms with Gasteiger partial charge in [0.1, 0.15) is 23.2 Å². The number of phenolic OH excluding ortho intramolecular Hbond substituents is 1. The molecular weight excluding hydrogens is 354 g/mol. The third-order valence-electron chi connectivity index (χ3n) is 3.19. The van der Waals surface area contributed by atoms with Crippen LogP contribution < -0.4 is 5.32 Å². The number of hydrogen-bond donors (Lipinski definition) is 2. The topological polar surface area (TPSA) is 67.2 Å². The summed E-state index contributed by atoms with van der Waals surface area (Å²) in [6.07, 6.45) is -6.34. The van der Waals surface area contributed by atoms with E-state index in [4.69, 9.17) is 11.6 Å². The second kappa shape index (κ2) is 7.08. The van der Waals surface area contributed by atoms with Gasteiger partial charge in [-0.3, -0.25) is 4.79 Å². The van der Waals surface area contributed by atoms with Crippen molar-refractivity contribution in [2.75, 3.05) is 5.32 Å². The number of aromatic nitrogens is 2. The molecule has 0 radical (unpaired) electrons. The third-order valence-corrected chi connectivity index (χ3v) is 3.57. The summed E-state index contributed by atoms with van der Waals surface area (Å²) in [6.45, 7) is 1.21. The number of nitrogens with one attached hydrogen (secondary N) is 1. The molecule has 0 aliphatic heterocycles. The number of carbonyl (C=O) groups excluding carboxylic acids is 1. The zero-order valence-electron chi connectivity index (χ0n) is 12.2. The van der Waals surface area contributed by atoms with Crippen molar-refractivity contribution >= 4 is 23.2 Å². The van der Waals surface area contributed by atoms with E-state index in [9.17, 15) is 27.5 Å². The maximum absolute atomic E-state index is 13.1. The smallest absolute Gasteiger partial charge is 0.283 e. The van der Waals surface area contributed by atoms with Crippen LogP contribution in [0.4, 0.5) is 23.2 Å². The Kier molecular flexibility index (Phi) is 5.33. The van der Waals surface area contributed by atoms with E-state index in [2.05, 4.69) is 10.4 Å². The van der Waals surface area contributed by atoms with Gasteiger partial charge in [-0.2, -0.15) is 5.10 Å². The van der Waals surface area contributed by atoms with E-state index in [0.717, 1.165) is 0 Å². The Labute approximate surface area is 138 Å². The van der Waals surface area contributed by atoms with Gasteiger partial charge < -0.3 is 10.4 Å². The normalized spacial score (nSPS) is 12.7. The number of carbonyl (C=O) groups is 1. The van der Waals surface area contributed by atoms with Crippen molar-refractivity contribution in [3.8, 4) is 5.75 Å². The molecule has 0 aliphatic carbocycles. The first-order valence-corrected chi connectivity index (χ1v) is 7.04. The van der Waals surface area contributed by atoms with Gasteiger partial charge in [0, 0.05) is 11.8 Å². The zero-order valence-corrected chi connectivity index (χ0v) is 12.9. The first-order chi connectivity index (χ1) is 11.2. The highest BCUT2D eigenvalue weighted by Crippen LogP contribution is 2.36. The number of alkyl halides is 4. The van der Waals surface area contributed by atoms with E-state index in [1.54, 1.807) is 0 Å². The average Bonchev–Trinajstić information content (AvgIpc) is 2.84. The summed E-state index contributed by atoms with van der Waals surface area (Å²) < 4.78 is 52.3. The maximum Gasteiger partial charge on any atom is 0.283 e. The second-order valence-electron chi connectivity index (χ2n) is 4.85. The standard InChI is InChI=1S/C14H12ClF4N3O2/c1-6(14(24)20-7-3-2-4-8(23)5-7)22-11(13(18)19)9(15)10(21-22)12(16)17/h2-6,12-13,23H,1H3,(H,20,24). The maximum atomic E-state index is 13.1. The first kappa shape index (κ1) is 18.1. The largest absolute Gasteiger partial charge is 0.508 e.